The molecule has 5 amide bonds. The molecule has 0 fully saturated rings. The number of fused-ring (bicyclic) bond motifs is 1. The molecule has 318 valence electrons. The quantitative estimate of drug-likeness (QED) is 0.102. The van der Waals surface area contributed by atoms with Crippen LogP contribution in [0.1, 0.15) is 57.9 Å². The molecule has 0 saturated carbocycles. The highest BCUT2D eigenvalue weighted by Gasteiger charge is 2.35. The van der Waals surface area contributed by atoms with Gasteiger partial charge in [-0.25, -0.2) is 13.8 Å². The number of methoxy groups -OCH3 is 2. The van der Waals surface area contributed by atoms with Gasteiger partial charge in [-0.15, -0.1) is 0 Å². The number of benzene rings is 2. The van der Waals surface area contributed by atoms with E-state index in [0.29, 0.717) is 5.52 Å². The molecule has 0 aliphatic rings. The van der Waals surface area contributed by atoms with Crippen LogP contribution < -0.4 is 31.3 Å². The minimum absolute atomic E-state index is 0.0377. The Morgan fingerprint density at radius 3 is 1.75 bits per heavy atom. The first kappa shape index (κ1) is 46.8. The number of nitrogens with one attached hydrogen (secondary N) is 5. The molecule has 19 heteroatoms. The average Bonchev–Trinajstić information content (AvgIpc) is 3.19. The molecular weight excluding hydrogens is 778 g/mol. The van der Waals surface area contributed by atoms with Crippen molar-refractivity contribution in [2.75, 3.05) is 20.8 Å². The number of nitrogens with zero attached hydrogens (tertiary/aromatic N) is 1. The Labute approximate surface area is 338 Å². The highest BCUT2D eigenvalue weighted by atomic mass is 19.1. The summed E-state index contributed by atoms with van der Waals surface area (Å²) < 4.78 is 42.4. The van der Waals surface area contributed by atoms with Crippen LogP contribution in [-0.2, 0) is 43.0 Å². The molecule has 0 saturated heterocycles. The zero-order valence-corrected chi connectivity index (χ0v) is 33.6. The maximum absolute atomic E-state index is 14.0. The number of amides is 5. The summed E-state index contributed by atoms with van der Waals surface area (Å²) in [5.41, 5.74) is 0.593. The fourth-order valence-electron chi connectivity index (χ4n) is 5.48. The topological polar surface area (TPSA) is 237 Å². The number of rotatable bonds is 20. The van der Waals surface area contributed by atoms with Gasteiger partial charge in [0.25, 0.3) is 5.91 Å². The lowest BCUT2D eigenvalue weighted by molar-refractivity contribution is -0.144. The molecule has 2 aromatic carbocycles. The fourth-order valence-corrected chi connectivity index (χ4v) is 5.48. The van der Waals surface area contributed by atoms with Crippen molar-refractivity contribution in [3.05, 3.63) is 71.9 Å². The Hall–Kier alpha value is -6.53. The smallest absolute Gasteiger partial charge is 0.308 e. The molecule has 0 spiro atoms. The van der Waals surface area contributed by atoms with Gasteiger partial charge in [-0.1, -0.05) is 58.0 Å². The molecule has 1 aromatic heterocycles. The van der Waals surface area contributed by atoms with E-state index in [4.69, 9.17) is 9.47 Å². The second-order valence-corrected chi connectivity index (χ2v) is 14.0. The molecule has 0 bridgehead atoms. The number of halogens is 2. The Morgan fingerprint density at radius 2 is 1.15 bits per heavy atom. The Balaban J connectivity index is 1.71. The summed E-state index contributed by atoms with van der Waals surface area (Å²) in [7, 11) is 2.11. The van der Waals surface area contributed by atoms with Crippen LogP contribution in [0, 0.1) is 23.5 Å². The van der Waals surface area contributed by atoms with Crippen molar-refractivity contribution in [1.82, 2.24) is 31.6 Å². The van der Waals surface area contributed by atoms with Crippen molar-refractivity contribution in [3.63, 3.8) is 0 Å². The molecule has 5 atom stereocenters. The first-order valence-electron chi connectivity index (χ1n) is 18.5. The predicted octanol–water partition coefficient (Wildman–Crippen LogP) is 1.66. The molecule has 3 rings (SSSR count). The van der Waals surface area contributed by atoms with E-state index in [9.17, 15) is 47.1 Å². The van der Waals surface area contributed by atoms with Gasteiger partial charge >= 0.3 is 11.9 Å². The lowest BCUT2D eigenvalue weighted by Gasteiger charge is -2.28. The number of carbonyl (C=O) groups is 8. The fraction of sp³-hybridized carbons (Fsp3) is 0.425. The van der Waals surface area contributed by atoms with Crippen molar-refractivity contribution >= 4 is 58.2 Å². The zero-order valence-electron chi connectivity index (χ0n) is 33.6. The van der Waals surface area contributed by atoms with Crippen molar-refractivity contribution in [2.24, 2.45) is 11.8 Å². The van der Waals surface area contributed by atoms with Gasteiger partial charge in [0.2, 0.25) is 23.6 Å². The summed E-state index contributed by atoms with van der Waals surface area (Å²) >= 11 is 0. The van der Waals surface area contributed by atoms with E-state index in [0.717, 1.165) is 37.8 Å². The first-order chi connectivity index (χ1) is 27.9. The summed E-state index contributed by atoms with van der Waals surface area (Å²) in [6.07, 6.45) is -1.35. The van der Waals surface area contributed by atoms with Gasteiger partial charge in [0.1, 0.15) is 42.5 Å². The Morgan fingerprint density at radius 1 is 0.610 bits per heavy atom. The van der Waals surface area contributed by atoms with Gasteiger partial charge < -0.3 is 40.8 Å². The molecule has 1 heterocycles. The number of carbonyl (C=O) groups excluding carboxylic acids is 8. The van der Waals surface area contributed by atoms with Crippen LogP contribution in [0.15, 0.2) is 54.6 Å². The lowest BCUT2D eigenvalue weighted by Crippen LogP contribution is -2.60. The molecule has 3 aromatic rings. The first-order valence-corrected chi connectivity index (χ1v) is 18.5. The SMILES string of the molecule is COC(=O)CC(NC(=O)C(C)NC(=O)[C@@H](NC(=O)[C@H](CC(=O)OC)NC(=O)[C@@H](NC(=O)c1ccc2ccccc2n1)C(C)C)C(C)C)C(=O)COc1c(F)cccc1F. The predicted molar refractivity (Wildman–Crippen MR) is 206 cm³/mol. The van der Waals surface area contributed by atoms with Crippen molar-refractivity contribution in [1.29, 1.82) is 0 Å². The van der Waals surface area contributed by atoms with Crippen LogP contribution in [-0.4, -0.2) is 103 Å². The largest absolute Gasteiger partial charge is 0.480 e. The maximum atomic E-state index is 14.0. The number of hydrogen-bond acceptors (Lipinski definition) is 12. The summed E-state index contributed by atoms with van der Waals surface area (Å²) in [5, 5.41) is 13.1. The highest BCUT2D eigenvalue weighted by Crippen LogP contribution is 2.21. The molecule has 5 N–H and O–H groups in total. The minimum Gasteiger partial charge on any atom is -0.480 e. The molecule has 17 nitrogen and oxygen atoms in total. The van der Waals surface area contributed by atoms with Gasteiger partial charge in [0.15, 0.2) is 23.2 Å². The Kier molecular flexibility index (Phi) is 17.3. The number of ketones is 1. The molecule has 59 heavy (non-hydrogen) atoms. The third-order valence-corrected chi connectivity index (χ3v) is 8.88. The molecule has 0 radical (unpaired) electrons. The average molecular weight is 827 g/mol. The van der Waals surface area contributed by atoms with Crippen LogP contribution in [0.3, 0.4) is 0 Å². The number of Topliss-reactive ketones (excluding diaryl/α,β-unsaturated/α-hetero) is 1. The van der Waals surface area contributed by atoms with E-state index < -0.39 is 126 Å². The second kappa shape index (κ2) is 21.8. The minimum atomic E-state index is -1.60. The van der Waals surface area contributed by atoms with Crippen molar-refractivity contribution in [3.8, 4) is 5.75 Å². The van der Waals surface area contributed by atoms with Crippen LogP contribution in [0.2, 0.25) is 0 Å². The number of pyridine rings is 1. The monoisotopic (exact) mass is 826 g/mol. The number of para-hydroxylation sites is 2. The Bertz CT molecular complexity index is 2030. The van der Waals surface area contributed by atoms with Gasteiger partial charge in [-0.05, 0) is 43.0 Å². The number of ether oxygens (including phenoxy) is 3. The molecule has 0 aliphatic heterocycles. The lowest BCUT2D eigenvalue weighted by atomic mass is 10.0. The molecular formula is C40H48F2N6O11. The third kappa shape index (κ3) is 13.5. The maximum Gasteiger partial charge on any atom is 0.308 e. The van der Waals surface area contributed by atoms with Gasteiger partial charge in [0, 0.05) is 5.39 Å². The van der Waals surface area contributed by atoms with Gasteiger partial charge in [-0.2, -0.15) is 0 Å². The van der Waals surface area contributed by atoms with Crippen molar-refractivity contribution < 1.29 is 61.3 Å². The molecule has 0 aliphatic carbocycles. The summed E-state index contributed by atoms with van der Waals surface area (Å²) in [6.45, 7) is 6.73. The van der Waals surface area contributed by atoms with Crippen LogP contribution >= 0.6 is 0 Å². The van der Waals surface area contributed by atoms with E-state index in [1.165, 1.54) is 13.0 Å². The van der Waals surface area contributed by atoms with E-state index in [2.05, 4.69) is 36.3 Å². The van der Waals surface area contributed by atoms with Crippen LogP contribution in [0.4, 0.5) is 8.78 Å². The van der Waals surface area contributed by atoms with Gasteiger partial charge in [0.05, 0.1) is 32.6 Å². The third-order valence-electron chi connectivity index (χ3n) is 8.88. The van der Waals surface area contributed by atoms with Gasteiger partial charge in [-0.3, -0.25) is 38.4 Å². The van der Waals surface area contributed by atoms with Crippen LogP contribution in [0.25, 0.3) is 10.9 Å². The van der Waals surface area contributed by atoms with E-state index >= 15 is 0 Å². The zero-order chi connectivity index (χ0) is 44.0. The van der Waals surface area contributed by atoms with E-state index in [-0.39, 0.29) is 5.69 Å². The number of aromatic nitrogens is 1. The summed E-state index contributed by atoms with van der Waals surface area (Å²) in [6, 6.07) is 6.07. The summed E-state index contributed by atoms with van der Waals surface area (Å²) in [4.78, 5) is 109. The number of hydrogen-bond donors (Lipinski definition) is 5. The van der Waals surface area contributed by atoms with E-state index in [1.807, 2.05) is 12.1 Å². The molecule has 2 unspecified atom stereocenters. The number of esters is 2. The summed E-state index contributed by atoms with van der Waals surface area (Å²) in [5.74, 6) is -11.2. The second-order valence-electron chi connectivity index (χ2n) is 14.0. The standard InChI is InChI=1S/C40H48F2N6O11/c1-20(2)33(39(55)43-22(5)36(52)45-28(17-31(50)57-6)30(49)19-59-35-24(41)12-10-13-25(35)42)48-38(54)29(18-32(51)58-7)46-40(56)34(21(3)4)47-37(53)27-16-15-23-11-8-9-14-26(23)44-27/h8-16,20-22,28-29,33-34H,17-19H2,1-7H3,(H,43,55)(H,45,52)(H,46,56)(H,47,53)(H,48,54)/t22?,28?,29-,33-,34-/m0/s1. The van der Waals surface area contributed by atoms with Crippen molar-refractivity contribution in [2.45, 2.75) is 77.7 Å². The highest BCUT2D eigenvalue weighted by molar-refractivity contribution is 6.00. The van der Waals surface area contributed by atoms with Crippen LogP contribution in [0.5, 0.6) is 5.75 Å². The normalized spacial score (nSPS) is 13.5. The van der Waals surface area contributed by atoms with E-state index in [1.54, 1.807) is 45.9 Å².